The maximum Gasteiger partial charge on any atom is 0.193 e. The lowest BCUT2D eigenvalue weighted by Gasteiger charge is -2.26. The van der Waals surface area contributed by atoms with E-state index in [1.807, 2.05) is 24.3 Å². The molecule has 124 valence electrons. The predicted molar refractivity (Wildman–Crippen MR) is 100 cm³/mol. The lowest BCUT2D eigenvalue weighted by atomic mass is 10.3. The fourth-order valence-electron chi connectivity index (χ4n) is 2.18. The molecule has 0 aromatic heterocycles. The molecule has 1 aromatic rings. The Hall–Kier alpha value is -1.06. The molecule has 1 saturated heterocycles. The Labute approximate surface area is 149 Å². The van der Waals surface area contributed by atoms with Gasteiger partial charge < -0.3 is 20.5 Å². The Morgan fingerprint density at radius 3 is 2.64 bits per heavy atom. The molecule has 1 fully saturated rings. The highest BCUT2D eigenvalue weighted by atomic mass is 127. The predicted octanol–water partition coefficient (Wildman–Crippen LogP) is 1.76. The van der Waals surface area contributed by atoms with Crippen LogP contribution in [-0.2, 0) is 4.74 Å². The fraction of sp³-hybridized carbons (Fsp3) is 0.533. The summed E-state index contributed by atoms with van der Waals surface area (Å²) >= 11 is 0. The van der Waals surface area contributed by atoms with Crippen LogP contribution in [0.5, 0.6) is 5.75 Å². The number of aliphatic imine (C=N–C) groups is 1. The van der Waals surface area contributed by atoms with Crippen LogP contribution in [0.25, 0.3) is 0 Å². The highest BCUT2D eigenvalue weighted by Gasteiger charge is 2.08. The van der Waals surface area contributed by atoms with E-state index in [1.54, 1.807) is 7.11 Å². The number of benzene rings is 1. The zero-order valence-electron chi connectivity index (χ0n) is 13.0. The Bertz CT molecular complexity index is 447. The standard InChI is InChI=1S/C15H24N4O2.HI/c1-20-14-5-3-13(4-6-14)18-15(16)17-7-2-8-19-9-11-21-12-10-19;/h3-6H,2,7-12H2,1H3,(H3,16,17,18);1H. The highest BCUT2D eigenvalue weighted by molar-refractivity contribution is 14.0. The number of hydrogen-bond donors (Lipinski definition) is 2. The first-order valence-electron chi connectivity index (χ1n) is 7.29. The maximum atomic E-state index is 5.87. The topological polar surface area (TPSA) is 72.1 Å². The van der Waals surface area contributed by atoms with Crippen molar-refractivity contribution < 1.29 is 9.47 Å². The zero-order chi connectivity index (χ0) is 14.9. The summed E-state index contributed by atoms with van der Waals surface area (Å²) in [4.78, 5) is 6.74. The van der Waals surface area contributed by atoms with E-state index < -0.39 is 0 Å². The summed E-state index contributed by atoms with van der Waals surface area (Å²) in [5, 5.41) is 3.07. The van der Waals surface area contributed by atoms with Crippen LogP contribution in [0.15, 0.2) is 29.3 Å². The summed E-state index contributed by atoms with van der Waals surface area (Å²) in [6.45, 7) is 5.48. The number of nitrogens with two attached hydrogens (primary N) is 1. The summed E-state index contributed by atoms with van der Waals surface area (Å²) in [6.07, 6.45) is 1.00. The monoisotopic (exact) mass is 420 g/mol. The van der Waals surface area contributed by atoms with Crippen LogP contribution in [0.2, 0.25) is 0 Å². The van der Waals surface area contributed by atoms with Gasteiger partial charge in [-0.25, -0.2) is 0 Å². The maximum absolute atomic E-state index is 5.87. The summed E-state index contributed by atoms with van der Waals surface area (Å²) in [5.41, 5.74) is 6.78. The molecule has 22 heavy (non-hydrogen) atoms. The first-order valence-corrected chi connectivity index (χ1v) is 7.29. The number of ether oxygens (including phenoxy) is 2. The minimum absolute atomic E-state index is 0. The molecule has 0 amide bonds. The first kappa shape index (κ1) is 19.0. The van der Waals surface area contributed by atoms with Crippen molar-refractivity contribution in [2.45, 2.75) is 6.42 Å². The van der Waals surface area contributed by atoms with Crippen molar-refractivity contribution in [3.8, 4) is 5.75 Å². The van der Waals surface area contributed by atoms with Gasteiger partial charge in [-0.2, -0.15) is 0 Å². The number of anilines is 1. The number of nitrogens with one attached hydrogen (secondary N) is 1. The van der Waals surface area contributed by atoms with Gasteiger partial charge in [-0.05, 0) is 30.7 Å². The summed E-state index contributed by atoms with van der Waals surface area (Å²) < 4.78 is 10.4. The van der Waals surface area contributed by atoms with Gasteiger partial charge in [0.1, 0.15) is 5.75 Å². The molecule has 0 unspecified atom stereocenters. The molecule has 6 nitrogen and oxygen atoms in total. The van der Waals surface area contributed by atoms with Gasteiger partial charge >= 0.3 is 0 Å². The van der Waals surface area contributed by atoms with Gasteiger partial charge in [0.2, 0.25) is 0 Å². The molecule has 3 N–H and O–H groups in total. The van der Waals surface area contributed by atoms with Gasteiger partial charge in [-0.1, -0.05) is 0 Å². The average Bonchev–Trinajstić information content (AvgIpc) is 2.53. The van der Waals surface area contributed by atoms with E-state index in [4.69, 9.17) is 15.2 Å². The number of hydrogen-bond acceptors (Lipinski definition) is 4. The number of nitrogens with zero attached hydrogens (tertiary/aromatic N) is 2. The lowest BCUT2D eigenvalue weighted by molar-refractivity contribution is 0.0377. The molecule has 1 aromatic carbocycles. The molecule has 0 spiro atoms. The molecule has 1 aliphatic heterocycles. The fourth-order valence-corrected chi connectivity index (χ4v) is 2.18. The third-order valence-corrected chi connectivity index (χ3v) is 3.38. The van der Waals surface area contributed by atoms with E-state index in [2.05, 4.69) is 15.2 Å². The number of guanidine groups is 1. The number of halogens is 1. The van der Waals surface area contributed by atoms with Gasteiger partial charge in [0.15, 0.2) is 5.96 Å². The second kappa shape index (κ2) is 10.6. The third kappa shape index (κ3) is 6.80. The molecule has 2 rings (SSSR count). The first-order chi connectivity index (χ1) is 10.3. The summed E-state index contributed by atoms with van der Waals surface area (Å²) in [5.74, 6) is 1.27. The Kier molecular flexibility index (Phi) is 9.17. The molecule has 1 heterocycles. The van der Waals surface area contributed by atoms with Gasteiger partial charge in [0, 0.05) is 31.9 Å². The van der Waals surface area contributed by atoms with Crippen LogP contribution >= 0.6 is 24.0 Å². The molecule has 0 saturated carbocycles. The number of methoxy groups -OCH3 is 1. The van der Waals surface area contributed by atoms with E-state index in [9.17, 15) is 0 Å². The lowest BCUT2D eigenvalue weighted by Crippen LogP contribution is -2.37. The Morgan fingerprint density at radius 1 is 1.32 bits per heavy atom. The van der Waals surface area contributed by atoms with Crippen molar-refractivity contribution in [2.75, 3.05) is 51.8 Å². The van der Waals surface area contributed by atoms with Crippen LogP contribution < -0.4 is 15.8 Å². The second-order valence-electron chi connectivity index (χ2n) is 4.93. The second-order valence-corrected chi connectivity index (χ2v) is 4.93. The number of rotatable bonds is 6. The van der Waals surface area contributed by atoms with Crippen molar-refractivity contribution in [3.63, 3.8) is 0 Å². The van der Waals surface area contributed by atoms with E-state index >= 15 is 0 Å². The summed E-state index contributed by atoms with van der Waals surface area (Å²) in [6, 6.07) is 7.59. The van der Waals surface area contributed by atoms with Gasteiger partial charge in [-0.3, -0.25) is 9.89 Å². The third-order valence-electron chi connectivity index (χ3n) is 3.38. The van der Waals surface area contributed by atoms with Crippen molar-refractivity contribution in [1.29, 1.82) is 0 Å². The minimum Gasteiger partial charge on any atom is -0.497 e. The van der Waals surface area contributed by atoms with Crippen molar-refractivity contribution in [1.82, 2.24) is 4.90 Å². The molecule has 0 bridgehead atoms. The van der Waals surface area contributed by atoms with Crippen molar-refractivity contribution >= 4 is 35.6 Å². The number of morpholine rings is 1. The molecule has 7 heteroatoms. The van der Waals surface area contributed by atoms with Gasteiger partial charge in [-0.15, -0.1) is 24.0 Å². The Morgan fingerprint density at radius 2 is 2.00 bits per heavy atom. The van der Waals surface area contributed by atoms with E-state index in [0.717, 1.165) is 57.3 Å². The molecule has 0 radical (unpaired) electrons. The van der Waals surface area contributed by atoms with E-state index in [-0.39, 0.29) is 24.0 Å². The normalized spacial score (nSPS) is 16.0. The van der Waals surface area contributed by atoms with Crippen LogP contribution in [0.4, 0.5) is 5.69 Å². The molecule has 0 aliphatic carbocycles. The van der Waals surface area contributed by atoms with E-state index in [0.29, 0.717) is 5.96 Å². The van der Waals surface area contributed by atoms with Crippen LogP contribution in [-0.4, -0.2) is 57.4 Å². The van der Waals surface area contributed by atoms with Crippen LogP contribution in [0.3, 0.4) is 0 Å². The molecule has 1 aliphatic rings. The SMILES string of the molecule is COc1ccc(NC(N)=NCCCN2CCOCC2)cc1.I. The molecular weight excluding hydrogens is 395 g/mol. The van der Waals surface area contributed by atoms with Crippen molar-refractivity contribution in [2.24, 2.45) is 10.7 Å². The van der Waals surface area contributed by atoms with Gasteiger partial charge in [0.25, 0.3) is 0 Å². The molecule has 0 atom stereocenters. The van der Waals surface area contributed by atoms with Crippen LogP contribution in [0.1, 0.15) is 6.42 Å². The zero-order valence-corrected chi connectivity index (χ0v) is 15.3. The van der Waals surface area contributed by atoms with Gasteiger partial charge in [0.05, 0.1) is 20.3 Å². The largest absolute Gasteiger partial charge is 0.497 e. The quantitative estimate of drug-likeness (QED) is 0.318. The molecular formula is C15H25IN4O2. The highest BCUT2D eigenvalue weighted by Crippen LogP contribution is 2.14. The van der Waals surface area contributed by atoms with Crippen LogP contribution in [0, 0.1) is 0 Å². The Balaban J connectivity index is 0.00000242. The van der Waals surface area contributed by atoms with E-state index in [1.165, 1.54) is 0 Å². The smallest absolute Gasteiger partial charge is 0.193 e. The minimum atomic E-state index is 0. The average molecular weight is 420 g/mol. The summed E-state index contributed by atoms with van der Waals surface area (Å²) in [7, 11) is 1.65. The van der Waals surface area contributed by atoms with Crippen molar-refractivity contribution in [3.05, 3.63) is 24.3 Å².